The first-order chi connectivity index (χ1) is 9.74. The van der Waals surface area contributed by atoms with Gasteiger partial charge >= 0.3 is 0 Å². The van der Waals surface area contributed by atoms with Gasteiger partial charge in [0.05, 0.1) is 0 Å². The number of carbonyl (C=O) groups excluding carboxylic acids is 1. The Morgan fingerprint density at radius 3 is 2.62 bits per heavy atom. The van der Waals surface area contributed by atoms with Crippen molar-refractivity contribution >= 4 is 35.3 Å². The Bertz CT molecular complexity index is 581. The van der Waals surface area contributed by atoms with Gasteiger partial charge in [0.2, 0.25) is 5.91 Å². The van der Waals surface area contributed by atoms with Crippen LogP contribution in [0.25, 0.3) is 10.6 Å². The van der Waals surface area contributed by atoms with Gasteiger partial charge in [-0.3, -0.25) is 4.79 Å². The molecule has 1 aliphatic heterocycles. The van der Waals surface area contributed by atoms with Crippen molar-refractivity contribution in [3.8, 4) is 10.6 Å². The monoisotopic (exact) mass is 323 g/mol. The van der Waals surface area contributed by atoms with Crippen LogP contribution in [-0.4, -0.2) is 24.0 Å². The highest BCUT2D eigenvalue weighted by atomic mass is 35.5. The zero-order chi connectivity index (χ0) is 13.9. The number of halogens is 1. The summed E-state index contributed by atoms with van der Waals surface area (Å²) in [6.07, 6.45) is 1.80. The molecule has 1 aromatic carbocycles. The van der Waals surface area contributed by atoms with Crippen LogP contribution in [-0.2, 0) is 4.79 Å². The third kappa shape index (κ3) is 3.61. The van der Waals surface area contributed by atoms with Crippen LogP contribution >= 0.6 is 23.7 Å². The summed E-state index contributed by atoms with van der Waals surface area (Å²) in [5.41, 5.74) is 1.92. The van der Waals surface area contributed by atoms with Crippen LogP contribution in [0.3, 0.4) is 0 Å². The Balaban J connectivity index is 0.00000161. The summed E-state index contributed by atoms with van der Waals surface area (Å²) >= 11 is 1.61. The van der Waals surface area contributed by atoms with Gasteiger partial charge < -0.3 is 10.6 Å². The fraction of sp³-hybridized carbons (Fsp3) is 0.333. The molecule has 2 heterocycles. The van der Waals surface area contributed by atoms with Gasteiger partial charge in [-0.05, 0) is 43.3 Å². The van der Waals surface area contributed by atoms with Gasteiger partial charge in [-0.1, -0.05) is 6.92 Å². The zero-order valence-electron chi connectivity index (χ0n) is 11.7. The summed E-state index contributed by atoms with van der Waals surface area (Å²) in [5, 5.41) is 9.13. The Morgan fingerprint density at radius 2 is 2.10 bits per heavy atom. The SMILES string of the molecule is CC(C(=O)Nc1ccc(-c2nccs2)cc1)C1CNC1.Cl. The molecule has 1 atom stereocenters. The van der Waals surface area contributed by atoms with Crippen LogP contribution in [0.2, 0.25) is 0 Å². The van der Waals surface area contributed by atoms with E-state index < -0.39 is 0 Å². The van der Waals surface area contributed by atoms with E-state index in [1.807, 2.05) is 36.6 Å². The molecule has 21 heavy (non-hydrogen) atoms. The molecule has 1 aliphatic rings. The van der Waals surface area contributed by atoms with Crippen molar-refractivity contribution in [1.82, 2.24) is 10.3 Å². The maximum absolute atomic E-state index is 12.1. The van der Waals surface area contributed by atoms with Crippen molar-refractivity contribution in [3.63, 3.8) is 0 Å². The van der Waals surface area contributed by atoms with E-state index in [1.54, 1.807) is 17.5 Å². The van der Waals surface area contributed by atoms with Gasteiger partial charge in [-0.2, -0.15) is 0 Å². The van der Waals surface area contributed by atoms with Crippen LogP contribution in [0.1, 0.15) is 6.92 Å². The summed E-state index contributed by atoms with van der Waals surface area (Å²) in [4.78, 5) is 16.4. The number of rotatable bonds is 4. The third-order valence-electron chi connectivity index (χ3n) is 3.77. The molecule has 2 aromatic rings. The average molecular weight is 324 g/mol. The first kappa shape index (κ1) is 15.9. The molecule has 2 N–H and O–H groups in total. The molecule has 0 bridgehead atoms. The van der Waals surface area contributed by atoms with Crippen molar-refractivity contribution < 1.29 is 4.79 Å². The van der Waals surface area contributed by atoms with Crippen molar-refractivity contribution in [2.75, 3.05) is 18.4 Å². The van der Waals surface area contributed by atoms with E-state index in [0.717, 1.165) is 29.3 Å². The largest absolute Gasteiger partial charge is 0.326 e. The van der Waals surface area contributed by atoms with Gasteiger partial charge in [0, 0.05) is 28.7 Å². The summed E-state index contributed by atoms with van der Waals surface area (Å²) in [7, 11) is 0. The molecule has 1 unspecified atom stereocenters. The van der Waals surface area contributed by atoms with Gasteiger partial charge in [0.25, 0.3) is 0 Å². The number of anilines is 1. The van der Waals surface area contributed by atoms with E-state index in [0.29, 0.717) is 5.92 Å². The first-order valence-electron chi connectivity index (χ1n) is 6.75. The number of hydrogen-bond acceptors (Lipinski definition) is 4. The molecule has 4 nitrogen and oxygen atoms in total. The predicted octanol–water partition coefficient (Wildman–Crippen LogP) is 3.03. The molecule has 1 fully saturated rings. The van der Waals surface area contributed by atoms with Gasteiger partial charge in [0.15, 0.2) is 0 Å². The summed E-state index contributed by atoms with van der Waals surface area (Å²) in [6.45, 7) is 3.87. The smallest absolute Gasteiger partial charge is 0.227 e. The highest BCUT2D eigenvalue weighted by Crippen LogP contribution is 2.24. The summed E-state index contributed by atoms with van der Waals surface area (Å²) in [6, 6.07) is 7.84. The number of thiazole rings is 1. The van der Waals surface area contributed by atoms with E-state index in [2.05, 4.69) is 15.6 Å². The van der Waals surface area contributed by atoms with Crippen molar-refractivity contribution in [3.05, 3.63) is 35.8 Å². The molecule has 0 radical (unpaired) electrons. The highest BCUT2D eigenvalue weighted by molar-refractivity contribution is 7.13. The number of benzene rings is 1. The second-order valence-corrected chi connectivity index (χ2v) is 6.01. The highest BCUT2D eigenvalue weighted by Gasteiger charge is 2.28. The zero-order valence-corrected chi connectivity index (χ0v) is 13.3. The Hall–Kier alpha value is -1.43. The fourth-order valence-corrected chi connectivity index (χ4v) is 2.84. The molecule has 6 heteroatoms. The molecule has 0 aliphatic carbocycles. The minimum Gasteiger partial charge on any atom is -0.326 e. The topological polar surface area (TPSA) is 54.0 Å². The Labute approximate surface area is 134 Å². The summed E-state index contributed by atoms with van der Waals surface area (Å²) in [5.74, 6) is 0.609. The van der Waals surface area contributed by atoms with Crippen LogP contribution < -0.4 is 10.6 Å². The number of hydrogen-bond donors (Lipinski definition) is 2. The average Bonchev–Trinajstić information content (AvgIpc) is 2.91. The Kier molecular flexibility index (Phi) is 5.33. The lowest BCUT2D eigenvalue weighted by Crippen LogP contribution is -2.48. The van der Waals surface area contributed by atoms with Crippen LogP contribution in [0.5, 0.6) is 0 Å². The second-order valence-electron chi connectivity index (χ2n) is 5.11. The number of amides is 1. The molecule has 0 saturated carbocycles. The standard InChI is InChI=1S/C15H17N3OS.ClH/c1-10(12-8-16-9-12)14(19)18-13-4-2-11(3-5-13)15-17-6-7-20-15;/h2-7,10,12,16H,8-9H2,1H3,(H,18,19);1H. The fourth-order valence-electron chi connectivity index (χ4n) is 2.20. The quantitative estimate of drug-likeness (QED) is 0.909. The molecule has 1 amide bonds. The van der Waals surface area contributed by atoms with E-state index >= 15 is 0 Å². The number of carbonyl (C=O) groups is 1. The maximum atomic E-state index is 12.1. The third-order valence-corrected chi connectivity index (χ3v) is 4.59. The number of aromatic nitrogens is 1. The summed E-state index contributed by atoms with van der Waals surface area (Å²) < 4.78 is 0. The van der Waals surface area contributed by atoms with E-state index in [9.17, 15) is 4.79 Å². The number of nitrogens with one attached hydrogen (secondary N) is 2. The minimum atomic E-state index is 0. The molecule has 112 valence electrons. The van der Waals surface area contributed by atoms with Crippen molar-refractivity contribution in [2.24, 2.45) is 11.8 Å². The lowest BCUT2D eigenvalue weighted by atomic mass is 9.88. The molecule has 0 spiro atoms. The lowest BCUT2D eigenvalue weighted by Gasteiger charge is -2.31. The minimum absolute atomic E-state index is 0. The van der Waals surface area contributed by atoms with Gasteiger partial charge in [-0.25, -0.2) is 4.98 Å². The Morgan fingerprint density at radius 1 is 1.38 bits per heavy atom. The van der Waals surface area contributed by atoms with E-state index in [1.165, 1.54) is 0 Å². The molecule has 1 aromatic heterocycles. The van der Waals surface area contributed by atoms with Crippen molar-refractivity contribution in [2.45, 2.75) is 6.92 Å². The van der Waals surface area contributed by atoms with Crippen LogP contribution in [0, 0.1) is 11.8 Å². The number of nitrogens with zero attached hydrogens (tertiary/aromatic N) is 1. The molecular weight excluding hydrogens is 306 g/mol. The molecule has 3 rings (SSSR count). The van der Waals surface area contributed by atoms with E-state index in [4.69, 9.17) is 0 Å². The normalized spacial score (nSPS) is 15.7. The second kappa shape index (κ2) is 7.02. The van der Waals surface area contributed by atoms with Crippen molar-refractivity contribution in [1.29, 1.82) is 0 Å². The van der Waals surface area contributed by atoms with Crippen LogP contribution in [0.15, 0.2) is 35.8 Å². The van der Waals surface area contributed by atoms with Crippen LogP contribution in [0.4, 0.5) is 5.69 Å². The lowest BCUT2D eigenvalue weighted by molar-refractivity contribution is -0.121. The molecular formula is C15H18ClN3OS. The van der Waals surface area contributed by atoms with E-state index in [-0.39, 0.29) is 24.2 Å². The van der Waals surface area contributed by atoms with Gasteiger partial charge in [0.1, 0.15) is 5.01 Å². The van der Waals surface area contributed by atoms with Gasteiger partial charge in [-0.15, -0.1) is 23.7 Å². The predicted molar refractivity (Wildman–Crippen MR) is 89.0 cm³/mol. The maximum Gasteiger partial charge on any atom is 0.227 e. The first-order valence-corrected chi connectivity index (χ1v) is 7.63. The molecule has 1 saturated heterocycles.